The average Bonchev–Trinajstić information content (AvgIpc) is 3.10. The zero-order valence-electron chi connectivity index (χ0n) is 15.4. The first-order chi connectivity index (χ1) is 12.5. The number of quaternary nitrogens is 1. The molecule has 3 fully saturated rings. The van der Waals surface area contributed by atoms with Crippen LogP contribution in [0.15, 0.2) is 30.5 Å². The lowest BCUT2D eigenvalue weighted by atomic mass is 9.75. The van der Waals surface area contributed by atoms with Crippen molar-refractivity contribution in [1.29, 1.82) is 0 Å². The molecule has 26 heavy (non-hydrogen) atoms. The number of fused-ring (bicyclic) bond motifs is 3. The van der Waals surface area contributed by atoms with Crippen molar-refractivity contribution in [2.45, 2.75) is 25.4 Å². The Bertz CT molecular complexity index is 801. The number of anilines is 1. The summed E-state index contributed by atoms with van der Waals surface area (Å²) in [7, 11) is 3.72. The van der Waals surface area contributed by atoms with Crippen molar-refractivity contribution in [1.82, 2.24) is 19.9 Å². The van der Waals surface area contributed by atoms with Gasteiger partial charge in [-0.25, -0.2) is 4.68 Å². The molecule has 0 radical (unpaired) electrons. The summed E-state index contributed by atoms with van der Waals surface area (Å²) in [5.74, 6) is 0.975. The van der Waals surface area contributed by atoms with Crippen LogP contribution in [0.2, 0.25) is 0 Å². The Labute approximate surface area is 153 Å². The summed E-state index contributed by atoms with van der Waals surface area (Å²) in [6.07, 6.45) is 4.25. The number of carbonyl (C=O) groups is 1. The molecule has 7 heteroatoms. The molecule has 4 atom stereocenters. The monoisotopic (exact) mass is 355 g/mol. The number of hydrogen-bond donors (Lipinski definition) is 2. The highest BCUT2D eigenvalue weighted by molar-refractivity contribution is 5.78. The number of carbonyl (C=O) groups excluding carboxylic acids is 1. The molecule has 1 amide bonds. The van der Waals surface area contributed by atoms with Crippen LogP contribution in [-0.2, 0) is 11.3 Å². The third-order valence-electron chi connectivity index (χ3n) is 5.94. The molecule has 3 aliphatic heterocycles. The highest BCUT2D eigenvalue weighted by Crippen LogP contribution is 2.28. The van der Waals surface area contributed by atoms with Crippen LogP contribution in [0, 0.1) is 11.8 Å². The molecule has 0 aliphatic carbocycles. The number of nitrogen functional groups attached to an aromatic ring is 1. The number of benzene rings is 1. The van der Waals surface area contributed by atoms with Crippen LogP contribution in [0.25, 0.3) is 11.3 Å². The van der Waals surface area contributed by atoms with E-state index in [1.165, 1.54) is 4.90 Å². The molecule has 138 valence electrons. The van der Waals surface area contributed by atoms with Gasteiger partial charge in [-0.05, 0) is 18.1 Å². The first kappa shape index (κ1) is 17.0. The van der Waals surface area contributed by atoms with Crippen LogP contribution in [0.4, 0.5) is 5.69 Å². The summed E-state index contributed by atoms with van der Waals surface area (Å²) in [5, 5.41) is 8.63. The van der Waals surface area contributed by atoms with Crippen molar-refractivity contribution in [2.75, 3.05) is 32.9 Å². The Kier molecular flexibility index (Phi) is 4.40. The fourth-order valence-electron chi connectivity index (χ4n) is 4.58. The van der Waals surface area contributed by atoms with Gasteiger partial charge in [-0.3, -0.25) is 4.79 Å². The number of piperidine rings is 3. The van der Waals surface area contributed by atoms with Crippen LogP contribution in [0.3, 0.4) is 0 Å². The lowest BCUT2D eigenvalue weighted by Gasteiger charge is -2.46. The maximum absolute atomic E-state index is 12.4. The largest absolute Gasteiger partial charge is 0.399 e. The molecule has 1 aromatic carbocycles. The molecule has 0 saturated carbocycles. The van der Waals surface area contributed by atoms with E-state index < -0.39 is 0 Å². The molecule has 2 aromatic rings. The van der Waals surface area contributed by atoms with Crippen LogP contribution in [-0.4, -0.2) is 59.0 Å². The Hall–Kier alpha value is -2.41. The Morgan fingerprint density at radius 3 is 2.96 bits per heavy atom. The zero-order chi connectivity index (χ0) is 18.3. The smallest absolute Gasteiger partial charge is 0.231 e. The second kappa shape index (κ2) is 6.72. The molecule has 7 nitrogen and oxygen atoms in total. The topological polar surface area (TPSA) is 81.5 Å². The van der Waals surface area contributed by atoms with E-state index in [4.69, 9.17) is 5.73 Å². The number of nitrogens with two attached hydrogens (primary N) is 1. The van der Waals surface area contributed by atoms with Gasteiger partial charge in [0, 0.05) is 38.2 Å². The van der Waals surface area contributed by atoms with E-state index in [9.17, 15) is 4.79 Å². The molecular weight excluding hydrogens is 328 g/mol. The summed E-state index contributed by atoms with van der Waals surface area (Å²) in [6, 6.07) is 8.23. The second-order valence-electron chi connectivity index (χ2n) is 7.88. The van der Waals surface area contributed by atoms with E-state index in [0.29, 0.717) is 12.0 Å². The molecule has 5 rings (SSSR count). The van der Waals surface area contributed by atoms with Crippen LogP contribution in [0.1, 0.15) is 12.8 Å². The molecular formula is C19H27N6O+. The number of aromatic nitrogens is 3. The molecule has 0 spiro atoms. The number of amides is 1. The molecule has 3 saturated heterocycles. The van der Waals surface area contributed by atoms with E-state index in [1.54, 1.807) is 4.90 Å². The van der Waals surface area contributed by atoms with Gasteiger partial charge >= 0.3 is 0 Å². The predicted octanol–water partition coefficient (Wildman–Crippen LogP) is -0.0912. The molecule has 1 aromatic heterocycles. The standard InChI is InChI=1S/C19H26N6O/c1-23(2)19(26)17-11-24-7-6-13(17)9-16(24)10-25-12-18(21-22-25)14-4-3-5-15(20)8-14/h3-5,8,12-13,16-17H,6-7,9-11,20H2,1-2H3/p+1/t13-,16+,17-/m0/s1. The van der Waals surface area contributed by atoms with Gasteiger partial charge in [-0.1, -0.05) is 17.3 Å². The third kappa shape index (κ3) is 3.19. The minimum absolute atomic E-state index is 0.184. The summed E-state index contributed by atoms with van der Waals surface area (Å²) < 4.78 is 1.94. The first-order valence-corrected chi connectivity index (χ1v) is 9.33. The van der Waals surface area contributed by atoms with Crippen LogP contribution >= 0.6 is 0 Å². The lowest BCUT2D eigenvalue weighted by molar-refractivity contribution is -0.945. The van der Waals surface area contributed by atoms with E-state index >= 15 is 0 Å². The number of hydrogen-bond acceptors (Lipinski definition) is 4. The number of rotatable bonds is 4. The minimum Gasteiger partial charge on any atom is -0.399 e. The normalized spacial score (nSPS) is 27.5. The maximum Gasteiger partial charge on any atom is 0.231 e. The first-order valence-electron chi connectivity index (χ1n) is 9.33. The zero-order valence-corrected chi connectivity index (χ0v) is 15.4. The van der Waals surface area contributed by atoms with Gasteiger partial charge in [-0.15, -0.1) is 5.10 Å². The maximum atomic E-state index is 12.4. The number of nitrogens with one attached hydrogen (secondary N) is 1. The van der Waals surface area contributed by atoms with E-state index in [0.717, 1.165) is 49.4 Å². The predicted molar refractivity (Wildman–Crippen MR) is 99.3 cm³/mol. The molecule has 2 bridgehead atoms. The van der Waals surface area contributed by atoms with Crippen molar-refractivity contribution >= 4 is 11.6 Å². The Balaban J connectivity index is 1.44. The molecule has 3 aliphatic rings. The van der Waals surface area contributed by atoms with E-state index in [2.05, 4.69) is 10.3 Å². The molecule has 4 heterocycles. The summed E-state index contributed by atoms with van der Waals surface area (Å²) in [4.78, 5) is 15.7. The van der Waals surface area contributed by atoms with Crippen molar-refractivity contribution in [3.63, 3.8) is 0 Å². The van der Waals surface area contributed by atoms with Crippen molar-refractivity contribution in [2.24, 2.45) is 11.8 Å². The van der Waals surface area contributed by atoms with Gasteiger partial charge in [0.15, 0.2) is 0 Å². The van der Waals surface area contributed by atoms with Crippen molar-refractivity contribution in [3.05, 3.63) is 30.5 Å². The molecule has 3 N–H and O–H groups in total. The number of nitrogens with zero attached hydrogens (tertiary/aromatic N) is 4. The van der Waals surface area contributed by atoms with Gasteiger partial charge in [0.2, 0.25) is 5.91 Å². The quantitative estimate of drug-likeness (QED) is 0.751. The van der Waals surface area contributed by atoms with Crippen LogP contribution in [0.5, 0.6) is 0 Å². The van der Waals surface area contributed by atoms with Crippen molar-refractivity contribution < 1.29 is 9.69 Å². The molecule has 1 unspecified atom stereocenters. The van der Waals surface area contributed by atoms with Gasteiger partial charge in [0.25, 0.3) is 0 Å². The lowest BCUT2D eigenvalue weighted by Crippen LogP contribution is -3.20. The summed E-state index contributed by atoms with van der Waals surface area (Å²) >= 11 is 0. The second-order valence-corrected chi connectivity index (χ2v) is 7.88. The Morgan fingerprint density at radius 1 is 1.42 bits per heavy atom. The Morgan fingerprint density at radius 2 is 2.27 bits per heavy atom. The van der Waals surface area contributed by atoms with Crippen LogP contribution < -0.4 is 10.6 Å². The SMILES string of the molecule is CN(C)C(=O)[C@H]1C[NH+]2CC[C@H]1C[C@@H]2Cn1cc(-c2cccc(N)c2)nn1. The van der Waals surface area contributed by atoms with Gasteiger partial charge in [0.05, 0.1) is 31.7 Å². The fourth-order valence-corrected chi connectivity index (χ4v) is 4.58. The van der Waals surface area contributed by atoms with Gasteiger partial charge < -0.3 is 15.5 Å². The summed E-state index contributed by atoms with van der Waals surface area (Å²) in [5.41, 5.74) is 8.44. The van der Waals surface area contributed by atoms with E-state index in [-0.39, 0.29) is 11.8 Å². The van der Waals surface area contributed by atoms with Gasteiger partial charge in [-0.2, -0.15) is 0 Å². The third-order valence-corrected chi connectivity index (χ3v) is 5.94. The highest BCUT2D eigenvalue weighted by atomic mass is 16.2. The average molecular weight is 355 g/mol. The van der Waals surface area contributed by atoms with Gasteiger partial charge in [0.1, 0.15) is 11.7 Å². The fraction of sp³-hybridized carbons (Fsp3) is 0.526. The summed E-state index contributed by atoms with van der Waals surface area (Å²) in [6.45, 7) is 2.95. The highest BCUT2D eigenvalue weighted by Gasteiger charge is 2.47. The van der Waals surface area contributed by atoms with E-state index in [1.807, 2.05) is 49.2 Å². The van der Waals surface area contributed by atoms with Crippen molar-refractivity contribution in [3.8, 4) is 11.3 Å². The minimum atomic E-state index is 0.184.